The number of hydrogen-bond donors (Lipinski definition) is 1. The van der Waals surface area contributed by atoms with Gasteiger partial charge in [0.15, 0.2) is 16.6 Å². The maximum absolute atomic E-state index is 13.5. The summed E-state index contributed by atoms with van der Waals surface area (Å²) in [4.78, 5) is 32.9. The highest BCUT2D eigenvalue weighted by molar-refractivity contribution is 7.22. The number of nitrogens with zero attached hydrogens (tertiary/aromatic N) is 2. The molecule has 1 saturated heterocycles. The highest BCUT2D eigenvalue weighted by Crippen LogP contribution is 2.45. The van der Waals surface area contributed by atoms with E-state index in [4.69, 9.17) is 14.2 Å². The molecule has 1 N–H and O–H groups in total. The van der Waals surface area contributed by atoms with E-state index < -0.39 is 17.7 Å². The molecule has 37 heavy (non-hydrogen) atoms. The molecule has 8 nitrogen and oxygen atoms in total. The minimum atomic E-state index is -0.865. The molecule has 0 radical (unpaired) electrons. The summed E-state index contributed by atoms with van der Waals surface area (Å²) in [6, 6.07) is 17.0. The SMILES string of the molecule is COc1ccc2nc(N3C(=O)C(=O)/C(=C(/O)c4ccc5c(c4)OCCO5)[C@@H]3c3ccc(C)cc3)sc2c1. The summed E-state index contributed by atoms with van der Waals surface area (Å²) in [5.74, 6) is -0.130. The van der Waals surface area contributed by atoms with Crippen molar-refractivity contribution in [2.45, 2.75) is 13.0 Å². The first kappa shape index (κ1) is 23.1. The van der Waals surface area contributed by atoms with Crippen LogP contribution in [0, 0.1) is 6.92 Å². The predicted octanol–water partition coefficient (Wildman–Crippen LogP) is 5.01. The number of carbonyl (C=O) groups is 2. The highest BCUT2D eigenvalue weighted by atomic mass is 32.1. The van der Waals surface area contributed by atoms with E-state index in [-0.39, 0.29) is 11.3 Å². The van der Waals surface area contributed by atoms with Gasteiger partial charge in [-0.15, -0.1) is 0 Å². The summed E-state index contributed by atoms with van der Waals surface area (Å²) in [5.41, 5.74) is 2.73. The van der Waals surface area contributed by atoms with Crippen LogP contribution in [0.2, 0.25) is 0 Å². The number of thiazole rings is 1. The van der Waals surface area contributed by atoms with Crippen LogP contribution in [0.4, 0.5) is 5.13 Å². The van der Waals surface area contributed by atoms with Gasteiger partial charge in [-0.2, -0.15) is 0 Å². The van der Waals surface area contributed by atoms with Gasteiger partial charge in [-0.1, -0.05) is 41.2 Å². The average Bonchev–Trinajstić information content (AvgIpc) is 3.46. The molecule has 1 atom stereocenters. The monoisotopic (exact) mass is 514 g/mol. The molecule has 4 aromatic rings. The largest absolute Gasteiger partial charge is 0.507 e. The van der Waals surface area contributed by atoms with Gasteiger partial charge in [0, 0.05) is 5.56 Å². The van der Waals surface area contributed by atoms with Gasteiger partial charge in [-0.05, 0) is 48.9 Å². The van der Waals surface area contributed by atoms with Crippen LogP contribution in [0.3, 0.4) is 0 Å². The quantitative estimate of drug-likeness (QED) is 0.232. The van der Waals surface area contributed by atoms with E-state index in [1.54, 1.807) is 37.4 Å². The molecule has 3 heterocycles. The molecule has 9 heteroatoms. The van der Waals surface area contributed by atoms with Crippen molar-refractivity contribution in [3.8, 4) is 17.2 Å². The molecular formula is C28H22N2O6S. The van der Waals surface area contributed by atoms with Crippen LogP contribution >= 0.6 is 11.3 Å². The van der Waals surface area contributed by atoms with Crippen LogP contribution < -0.4 is 19.1 Å². The lowest BCUT2D eigenvalue weighted by molar-refractivity contribution is -0.132. The third kappa shape index (κ3) is 3.88. The summed E-state index contributed by atoms with van der Waals surface area (Å²) in [6.07, 6.45) is 0. The van der Waals surface area contributed by atoms with Gasteiger partial charge < -0.3 is 19.3 Å². The Morgan fingerprint density at radius 3 is 2.54 bits per heavy atom. The Bertz CT molecular complexity index is 1590. The van der Waals surface area contributed by atoms with Gasteiger partial charge in [0.25, 0.3) is 5.78 Å². The van der Waals surface area contributed by atoms with Gasteiger partial charge in [0.05, 0.1) is 28.9 Å². The Balaban J connectivity index is 1.52. The number of Topliss-reactive ketones (excluding diaryl/α,β-unsaturated/α-hetero) is 1. The average molecular weight is 515 g/mol. The van der Waals surface area contributed by atoms with E-state index in [1.165, 1.54) is 16.2 Å². The number of carbonyl (C=O) groups excluding carboxylic acids is 2. The lowest BCUT2D eigenvalue weighted by atomic mass is 9.94. The van der Waals surface area contributed by atoms with Crippen molar-refractivity contribution in [2.24, 2.45) is 0 Å². The molecule has 3 aromatic carbocycles. The number of anilines is 1. The van der Waals surface area contributed by atoms with Crippen molar-refractivity contribution in [1.29, 1.82) is 0 Å². The highest BCUT2D eigenvalue weighted by Gasteiger charge is 2.48. The summed E-state index contributed by atoms with van der Waals surface area (Å²) < 4.78 is 17.4. The van der Waals surface area contributed by atoms with Crippen LogP contribution in [0.15, 0.2) is 66.2 Å². The number of methoxy groups -OCH3 is 1. The summed E-state index contributed by atoms with van der Waals surface area (Å²) in [6.45, 7) is 2.77. The third-order valence-electron chi connectivity index (χ3n) is 6.44. The zero-order chi connectivity index (χ0) is 25.7. The van der Waals surface area contributed by atoms with Crippen molar-refractivity contribution in [1.82, 2.24) is 4.98 Å². The number of rotatable bonds is 4. The maximum atomic E-state index is 13.5. The molecule has 0 unspecified atom stereocenters. The number of ketones is 1. The van der Waals surface area contributed by atoms with Crippen LogP contribution in [0.25, 0.3) is 16.0 Å². The molecule has 0 spiro atoms. The Kier molecular flexibility index (Phi) is 5.57. The molecule has 0 saturated carbocycles. The third-order valence-corrected chi connectivity index (χ3v) is 7.46. The zero-order valence-electron chi connectivity index (χ0n) is 20.1. The minimum absolute atomic E-state index is 0.0117. The van der Waals surface area contributed by atoms with Crippen LogP contribution in [-0.2, 0) is 9.59 Å². The van der Waals surface area contributed by atoms with Gasteiger partial charge >= 0.3 is 5.91 Å². The second-order valence-electron chi connectivity index (χ2n) is 8.77. The number of ether oxygens (including phenoxy) is 3. The minimum Gasteiger partial charge on any atom is -0.507 e. The van der Waals surface area contributed by atoms with Gasteiger partial charge in [0.2, 0.25) is 0 Å². The first-order chi connectivity index (χ1) is 17.9. The molecular weight excluding hydrogens is 492 g/mol. The molecule has 2 aliphatic heterocycles. The van der Waals surface area contributed by atoms with E-state index in [2.05, 4.69) is 4.98 Å². The second kappa shape index (κ2) is 8.94. The molecule has 1 amide bonds. The van der Waals surface area contributed by atoms with E-state index in [1.807, 2.05) is 37.3 Å². The van der Waals surface area contributed by atoms with Gasteiger partial charge in [-0.3, -0.25) is 14.5 Å². The standard InChI is InChI=1S/C28H22N2O6S/c1-15-3-5-16(6-4-15)24-23(25(31)17-7-10-20-21(13-17)36-12-11-35-20)26(32)27(33)30(24)28-29-19-9-8-18(34-2)14-22(19)37-28/h3-10,13-14,24,31H,11-12H2,1-2H3/b25-23+/t24-/m0/s1. The summed E-state index contributed by atoms with van der Waals surface area (Å²) >= 11 is 1.28. The van der Waals surface area contributed by atoms with E-state index in [0.29, 0.717) is 52.2 Å². The summed E-state index contributed by atoms with van der Waals surface area (Å²) in [7, 11) is 1.58. The molecule has 0 aliphatic carbocycles. The van der Waals surface area contributed by atoms with Crippen molar-refractivity contribution < 1.29 is 28.9 Å². The Labute approximate surface area is 216 Å². The van der Waals surface area contributed by atoms with E-state index in [0.717, 1.165) is 10.3 Å². The van der Waals surface area contributed by atoms with Gasteiger partial charge in [0.1, 0.15) is 24.7 Å². The number of fused-ring (bicyclic) bond motifs is 2. The Morgan fingerprint density at radius 1 is 1.03 bits per heavy atom. The van der Waals surface area contributed by atoms with Crippen molar-refractivity contribution in [3.05, 3.63) is 82.9 Å². The molecule has 1 aromatic heterocycles. The molecule has 1 fully saturated rings. The number of aliphatic hydroxyl groups is 1. The number of aromatic nitrogens is 1. The molecule has 2 aliphatic rings. The molecule has 0 bridgehead atoms. The normalized spacial score (nSPS) is 18.4. The fourth-order valence-corrected chi connectivity index (χ4v) is 5.58. The van der Waals surface area contributed by atoms with Gasteiger partial charge in [-0.25, -0.2) is 4.98 Å². The Hall–Kier alpha value is -4.37. The lowest BCUT2D eigenvalue weighted by Gasteiger charge is -2.23. The molecule has 6 rings (SSSR count). The van der Waals surface area contributed by atoms with Crippen molar-refractivity contribution in [2.75, 3.05) is 25.2 Å². The first-order valence-corrected chi connectivity index (χ1v) is 12.5. The number of aryl methyl sites for hydroxylation is 1. The summed E-state index contributed by atoms with van der Waals surface area (Å²) in [5, 5.41) is 11.8. The van der Waals surface area contributed by atoms with E-state index in [9.17, 15) is 14.7 Å². The van der Waals surface area contributed by atoms with Crippen molar-refractivity contribution >= 4 is 44.1 Å². The maximum Gasteiger partial charge on any atom is 0.301 e. The van der Waals surface area contributed by atoms with E-state index >= 15 is 0 Å². The number of amides is 1. The zero-order valence-corrected chi connectivity index (χ0v) is 20.9. The second-order valence-corrected chi connectivity index (χ2v) is 9.78. The fraction of sp³-hybridized carbons (Fsp3) is 0.179. The Morgan fingerprint density at radius 2 is 1.78 bits per heavy atom. The lowest BCUT2D eigenvalue weighted by Crippen LogP contribution is -2.29. The topological polar surface area (TPSA) is 98.2 Å². The number of benzene rings is 3. The first-order valence-electron chi connectivity index (χ1n) is 11.7. The fourth-order valence-electron chi connectivity index (χ4n) is 4.56. The van der Waals surface area contributed by atoms with Crippen LogP contribution in [0.5, 0.6) is 17.2 Å². The van der Waals surface area contributed by atoms with Crippen LogP contribution in [0.1, 0.15) is 22.7 Å². The number of hydrogen-bond acceptors (Lipinski definition) is 8. The predicted molar refractivity (Wildman–Crippen MR) is 140 cm³/mol. The van der Waals surface area contributed by atoms with Crippen molar-refractivity contribution in [3.63, 3.8) is 0 Å². The smallest absolute Gasteiger partial charge is 0.301 e. The number of aliphatic hydroxyl groups excluding tert-OH is 1. The molecule has 186 valence electrons. The van der Waals surface area contributed by atoms with Crippen LogP contribution in [-0.4, -0.2) is 42.1 Å².